The van der Waals surface area contributed by atoms with Crippen molar-refractivity contribution in [1.29, 1.82) is 0 Å². The number of aromatic nitrogens is 3. The summed E-state index contributed by atoms with van der Waals surface area (Å²) in [5.41, 5.74) is 2.14. The van der Waals surface area contributed by atoms with E-state index in [1.807, 2.05) is 19.1 Å². The summed E-state index contributed by atoms with van der Waals surface area (Å²) in [5, 5.41) is 8.04. The van der Waals surface area contributed by atoms with Gasteiger partial charge in [-0.2, -0.15) is 21.8 Å². The third-order valence-electron chi connectivity index (χ3n) is 3.86. The molecule has 0 saturated heterocycles. The minimum absolute atomic E-state index is 0.345. The number of thioether (sulfide) groups is 1. The Morgan fingerprint density at radius 2 is 2.16 bits per heavy atom. The summed E-state index contributed by atoms with van der Waals surface area (Å²) < 4.78 is 7.16. The lowest BCUT2D eigenvalue weighted by atomic mass is 9.96. The molecule has 0 amide bonds. The van der Waals surface area contributed by atoms with Gasteiger partial charge in [0.1, 0.15) is 19.0 Å². The van der Waals surface area contributed by atoms with Crippen LogP contribution in [0.5, 0.6) is 0 Å². The van der Waals surface area contributed by atoms with Gasteiger partial charge >= 0.3 is 5.97 Å². The average molecular weight is 379 g/mol. The van der Waals surface area contributed by atoms with Crippen molar-refractivity contribution in [2.24, 2.45) is 0 Å². The highest BCUT2D eigenvalue weighted by atomic mass is 35.5. The molecular formula is C17H19ClN4O2S. The number of nitrogens with one attached hydrogen (secondary N) is 1. The summed E-state index contributed by atoms with van der Waals surface area (Å²) in [6.45, 7) is 4.30. The third kappa shape index (κ3) is 3.82. The van der Waals surface area contributed by atoms with Gasteiger partial charge in [0.15, 0.2) is 0 Å². The summed E-state index contributed by atoms with van der Waals surface area (Å²) in [4.78, 5) is 16.9. The number of benzene rings is 1. The van der Waals surface area contributed by atoms with Crippen molar-refractivity contribution in [2.75, 3.05) is 23.4 Å². The zero-order valence-electron chi connectivity index (χ0n) is 14.0. The molecule has 2 heterocycles. The van der Waals surface area contributed by atoms with Crippen LogP contribution in [-0.2, 0) is 9.53 Å². The van der Waals surface area contributed by atoms with E-state index in [-0.39, 0.29) is 5.97 Å². The van der Waals surface area contributed by atoms with Crippen LogP contribution in [0.3, 0.4) is 0 Å². The largest absolute Gasteiger partial charge is 0.461 e. The molecule has 1 aromatic heterocycles. The SMILES string of the molecule is CCSCCOC(=O)C1=C(C)Nc2ncnn2[C@H]1c1ccc(Cl)cc1. The molecule has 1 aliphatic heterocycles. The fourth-order valence-electron chi connectivity index (χ4n) is 2.72. The molecule has 0 unspecified atom stereocenters. The molecule has 0 spiro atoms. The first kappa shape index (κ1) is 17.8. The lowest BCUT2D eigenvalue weighted by molar-refractivity contribution is -0.138. The van der Waals surface area contributed by atoms with Crippen molar-refractivity contribution < 1.29 is 9.53 Å². The Morgan fingerprint density at radius 1 is 1.40 bits per heavy atom. The van der Waals surface area contributed by atoms with Crippen LogP contribution in [-0.4, -0.2) is 38.8 Å². The number of allylic oxidation sites excluding steroid dienone is 1. The molecule has 0 fully saturated rings. The molecule has 1 aliphatic rings. The smallest absolute Gasteiger partial charge is 0.338 e. The summed E-state index contributed by atoms with van der Waals surface area (Å²) in [7, 11) is 0. The van der Waals surface area contributed by atoms with Crippen LogP contribution in [0.15, 0.2) is 41.9 Å². The van der Waals surface area contributed by atoms with Gasteiger partial charge in [0.05, 0.1) is 5.57 Å². The fourth-order valence-corrected chi connectivity index (χ4v) is 3.34. The average Bonchev–Trinajstić information content (AvgIpc) is 3.06. The monoisotopic (exact) mass is 378 g/mol. The number of carbonyl (C=O) groups is 1. The molecule has 3 rings (SSSR count). The van der Waals surface area contributed by atoms with Gasteiger partial charge in [-0.25, -0.2) is 9.48 Å². The number of anilines is 1. The first-order valence-electron chi connectivity index (χ1n) is 7.99. The topological polar surface area (TPSA) is 69.0 Å². The Hall–Kier alpha value is -1.99. The van der Waals surface area contributed by atoms with Gasteiger partial charge in [0.2, 0.25) is 5.95 Å². The quantitative estimate of drug-likeness (QED) is 0.612. The standard InChI is InChI=1S/C17H19ClN4O2S/c1-3-25-9-8-24-16(23)14-11(2)21-17-19-10-20-22(17)15(14)12-4-6-13(18)7-5-12/h4-7,10,15H,3,8-9H2,1-2H3,(H,19,20,21)/t15-/m0/s1. The maximum atomic E-state index is 12.7. The lowest BCUT2D eigenvalue weighted by Gasteiger charge is -2.28. The van der Waals surface area contributed by atoms with Crippen molar-refractivity contribution in [3.8, 4) is 0 Å². The van der Waals surface area contributed by atoms with Crippen molar-refractivity contribution in [3.63, 3.8) is 0 Å². The minimum atomic E-state index is -0.401. The minimum Gasteiger partial charge on any atom is -0.461 e. The van der Waals surface area contributed by atoms with E-state index in [1.54, 1.807) is 28.6 Å². The lowest BCUT2D eigenvalue weighted by Crippen LogP contribution is -2.30. The van der Waals surface area contributed by atoms with E-state index < -0.39 is 6.04 Å². The molecule has 0 saturated carbocycles. The van der Waals surface area contributed by atoms with Crippen LogP contribution >= 0.6 is 23.4 Å². The molecule has 1 atom stereocenters. The van der Waals surface area contributed by atoms with Crippen LogP contribution in [0, 0.1) is 0 Å². The van der Waals surface area contributed by atoms with E-state index in [2.05, 4.69) is 22.3 Å². The third-order valence-corrected chi connectivity index (χ3v) is 4.98. The molecule has 1 N–H and O–H groups in total. The predicted octanol–water partition coefficient (Wildman–Crippen LogP) is 3.52. The molecule has 2 aromatic rings. The highest BCUT2D eigenvalue weighted by Gasteiger charge is 2.34. The van der Waals surface area contributed by atoms with E-state index in [4.69, 9.17) is 16.3 Å². The van der Waals surface area contributed by atoms with Gasteiger partial charge in [-0.05, 0) is 30.4 Å². The fraction of sp³-hybridized carbons (Fsp3) is 0.353. The maximum Gasteiger partial charge on any atom is 0.338 e. The van der Waals surface area contributed by atoms with Crippen molar-refractivity contribution >= 4 is 35.3 Å². The maximum absolute atomic E-state index is 12.7. The number of carbonyl (C=O) groups excluding carboxylic acids is 1. The molecule has 0 bridgehead atoms. The number of esters is 1. The molecule has 8 heteroatoms. The van der Waals surface area contributed by atoms with Crippen molar-refractivity contribution in [1.82, 2.24) is 14.8 Å². The van der Waals surface area contributed by atoms with Crippen LogP contribution in [0.25, 0.3) is 0 Å². The zero-order chi connectivity index (χ0) is 17.8. The highest BCUT2D eigenvalue weighted by molar-refractivity contribution is 7.99. The van der Waals surface area contributed by atoms with E-state index in [0.717, 1.165) is 17.1 Å². The molecule has 132 valence electrons. The van der Waals surface area contributed by atoms with E-state index in [0.29, 0.717) is 28.8 Å². The highest BCUT2D eigenvalue weighted by Crippen LogP contribution is 2.35. The Morgan fingerprint density at radius 3 is 2.88 bits per heavy atom. The normalized spacial score (nSPS) is 16.4. The molecule has 0 radical (unpaired) electrons. The second kappa shape index (κ2) is 7.93. The Labute approximate surface area is 155 Å². The number of halogens is 1. The van der Waals surface area contributed by atoms with Gasteiger partial charge in [-0.15, -0.1) is 0 Å². The van der Waals surface area contributed by atoms with Crippen molar-refractivity contribution in [3.05, 3.63) is 52.4 Å². The molecular weight excluding hydrogens is 360 g/mol. The number of fused-ring (bicyclic) bond motifs is 1. The van der Waals surface area contributed by atoms with Crippen LogP contribution in [0.1, 0.15) is 25.5 Å². The van der Waals surface area contributed by atoms with Gasteiger partial charge in [0.25, 0.3) is 0 Å². The number of hydrogen-bond donors (Lipinski definition) is 1. The predicted molar refractivity (Wildman–Crippen MR) is 99.9 cm³/mol. The van der Waals surface area contributed by atoms with Crippen LogP contribution in [0.4, 0.5) is 5.95 Å². The first-order valence-corrected chi connectivity index (χ1v) is 9.52. The summed E-state index contributed by atoms with van der Waals surface area (Å²) in [6, 6.07) is 6.97. The first-order chi connectivity index (χ1) is 12.1. The molecule has 0 aliphatic carbocycles. The summed E-state index contributed by atoms with van der Waals surface area (Å²) in [6.07, 6.45) is 1.46. The van der Waals surface area contributed by atoms with Gasteiger partial charge < -0.3 is 10.1 Å². The Balaban J connectivity index is 1.92. The molecule has 1 aromatic carbocycles. The molecule has 6 nitrogen and oxygen atoms in total. The summed E-state index contributed by atoms with van der Waals surface area (Å²) in [5.74, 6) is 2.02. The Kier molecular flexibility index (Phi) is 5.65. The number of ether oxygens (including phenoxy) is 1. The van der Waals surface area contributed by atoms with E-state index in [1.165, 1.54) is 6.33 Å². The number of nitrogens with zero attached hydrogens (tertiary/aromatic N) is 3. The van der Waals surface area contributed by atoms with Crippen LogP contribution < -0.4 is 5.32 Å². The molecule has 25 heavy (non-hydrogen) atoms. The van der Waals surface area contributed by atoms with Crippen molar-refractivity contribution in [2.45, 2.75) is 19.9 Å². The Bertz CT molecular complexity index is 788. The second-order valence-corrected chi connectivity index (χ2v) is 7.31. The van der Waals surface area contributed by atoms with Crippen LogP contribution in [0.2, 0.25) is 5.02 Å². The number of rotatable bonds is 6. The summed E-state index contributed by atoms with van der Waals surface area (Å²) >= 11 is 7.74. The number of hydrogen-bond acceptors (Lipinski definition) is 6. The zero-order valence-corrected chi connectivity index (χ0v) is 15.6. The van der Waals surface area contributed by atoms with Gasteiger partial charge in [-0.3, -0.25) is 0 Å². The van der Waals surface area contributed by atoms with Gasteiger partial charge in [-0.1, -0.05) is 30.7 Å². The van der Waals surface area contributed by atoms with E-state index >= 15 is 0 Å². The second-order valence-electron chi connectivity index (χ2n) is 5.48. The van der Waals surface area contributed by atoms with Gasteiger partial charge in [0, 0.05) is 16.5 Å². The van der Waals surface area contributed by atoms with E-state index in [9.17, 15) is 4.79 Å².